The van der Waals surface area contributed by atoms with Crippen LogP contribution in [-0.4, -0.2) is 23.3 Å². The van der Waals surface area contributed by atoms with Gasteiger partial charge in [-0.1, -0.05) is 12.8 Å². The van der Waals surface area contributed by atoms with Gasteiger partial charge in [-0.05, 0) is 25.8 Å². The molecule has 2 heteroatoms. The van der Waals surface area contributed by atoms with E-state index in [2.05, 4.69) is 5.32 Å². The molecule has 10 heavy (non-hydrogen) atoms. The van der Waals surface area contributed by atoms with E-state index in [1.165, 1.54) is 25.7 Å². The lowest BCUT2D eigenvalue weighted by molar-refractivity contribution is 0.101. The van der Waals surface area contributed by atoms with E-state index in [1.54, 1.807) is 0 Å². The monoisotopic (exact) mass is 141 g/mol. The molecule has 2 rings (SSSR count). The number of rotatable bonds is 0. The summed E-state index contributed by atoms with van der Waals surface area (Å²) in [6.07, 6.45) is 5.87. The molecule has 0 aromatic heterocycles. The van der Waals surface area contributed by atoms with E-state index in [9.17, 15) is 5.11 Å². The molecule has 1 heterocycles. The molecule has 1 aliphatic carbocycles. The molecule has 0 aromatic carbocycles. The Labute approximate surface area is 61.6 Å². The third kappa shape index (κ3) is 0.789. The normalized spacial score (nSPS) is 37.5. The van der Waals surface area contributed by atoms with Gasteiger partial charge in [0, 0.05) is 5.54 Å². The Morgan fingerprint density at radius 2 is 2.00 bits per heavy atom. The Kier molecular flexibility index (Phi) is 1.46. The van der Waals surface area contributed by atoms with Crippen molar-refractivity contribution in [3.05, 3.63) is 0 Å². The number of nitrogens with one attached hydrogen (secondary N) is 1. The Balaban J connectivity index is 2.11. The van der Waals surface area contributed by atoms with Crippen molar-refractivity contribution in [1.82, 2.24) is 5.32 Å². The predicted octanol–water partition coefficient (Wildman–Crippen LogP) is 0.653. The van der Waals surface area contributed by atoms with Gasteiger partial charge in [-0.15, -0.1) is 0 Å². The van der Waals surface area contributed by atoms with Crippen LogP contribution in [-0.2, 0) is 0 Å². The highest BCUT2D eigenvalue weighted by Crippen LogP contribution is 2.36. The summed E-state index contributed by atoms with van der Waals surface area (Å²) in [4.78, 5) is 0. The molecule has 2 nitrogen and oxygen atoms in total. The summed E-state index contributed by atoms with van der Waals surface area (Å²) in [5.41, 5.74) is 0.153. The first-order valence-corrected chi connectivity index (χ1v) is 4.27. The molecule has 1 spiro atoms. The fourth-order valence-electron chi connectivity index (χ4n) is 2.37. The largest absolute Gasteiger partial charge is 0.391 e. The second-order valence-corrected chi connectivity index (χ2v) is 3.59. The Hall–Kier alpha value is -0.0800. The summed E-state index contributed by atoms with van der Waals surface area (Å²) >= 11 is 0. The average molecular weight is 141 g/mol. The molecule has 58 valence electrons. The van der Waals surface area contributed by atoms with Gasteiger partial charge in [0.05, 0.1) is 6.10 Å². The third-order valence-corrected chi connectivity index (χ3v) is 3.03. The van der Waals surface area contributed by atoms with E-state index in [-0.39, 0.29) is 11.6 Å². The van der Waals surface area contributed by atoms with Gasteiger partial charge in [0.15, 0.2) is 0 Å². The Bertz CT molecular complexity index is 124. The zero-order valence-electron chi connectivity index (χ0n) is 6.27. The minimum Gasteiger partial charge on any atom is -0.391 e. The maximum Gasteiger partial charge on any atom is 0.0733 e. The van der Waals surface area contributed by atoms with Crippen LogP contribution in [0, 0.1) is 0 Å². The van der Waals surface area contributed by atoms with Crippen LogP contribution in [0.5, 0.6) is 0 Å². The van der Waals surface area contributed by atoms with Crippen molar-refractivity contribution in [2.24, 2.45) is 0 Å². The first kappa shape index (κ1) is 6.62. The van der Waals surface area contributed by atoms with Crippen LogP contribution in [0.25, 0.3) is 0 Å². The zero-order chi connectivity index (χ0) is 7.03. The molecule has 1 aliphatic heterocycles. The summed E-state index contributed by atoms with van der Waals surface area (Å²) in [5, 5.41) is 13.0. The molecule has 1 atom stereocenters. The van der Waals surface area contributed by atoms with E-state index < -0.39 is 0 Å². The zero-order valence-corrected chi connectivity index (χ0v) is 6.27. The Morgan fingerprint density at radius 3 is 2.50 bits per heavy atom. The van der Waals surface area contributed by atoms with Crippen molar-refractivity contribution in [1.29, 1.82) is 0 Å². The van der Waals surface area contributed by atoms with Gasteiger partial charge in [-0.2, -0.15) is 0 Å². The SMILES string of the molecule is O[C@@H]1CCNC12CCCC2. The lowest BCUT2D eigenvalue weighted by Gasteiger charge is -2.27. The molecule has 0 amide bonds. The van der Waals surface area contributed by atoms with E-state index in [0.29, 0.717) is 0 Å². The maximum atomic E-state index is 9.62. The Morgan fingerprint density at radius 1 is 1.30 bits per heavy atom. The standard InChI is InChI=1S/C8H15NO/c10-7-3-6-9-8(7)4-1-2-5-8/h7,9-10H,1-6H2/t7-/m1/s1. The minimum absolute atomic E-state index is 0.0602. The fourth-order valence-corrected chi connectivity index (χ4v) is 2.37. The molecule has 0 aromatic rings. The number of aliphatic hydroxyl groups is 1. The van der Waals surface area contributed by atoms with E-state index in [1.807, 2.05) is 0 Å². The van der Waals surface area contributed by atoms with Crippen LogP contribution in [0.1, 0.15) is 32.1 Å². The smallest absolute Gasteiger partial charge is 0.0733 e. The highest BCUT2D eigenvalue weighted by molar-refractivity contribution is 5.02. The average Bonchev–Trinajstić information content (AvgIpc) is 2.48. The minimum atomic E-state index is -0.0602. The van der Waals surface area contributed by atoms with Crippen molar-refractivity contribution in [3.8, 4) is 0 Å². The van der Waals surface area contributed by atoms with Crippen LogP contribution < -0.4 is 5.32 Å². The van der Waals surface area contributed by atoms with Gasteiger partial charge in [0.2, 0.25) is 0 Å². The second-order valence-electron chi connectivity index (χ2n) is 3.59. The fraction of sp³-hybridized carbons (Fsp3) is 1.00. The molecular formula is C8H15NO. The quantitative estimate of drug-likeness (QED) is 0.519. The van der Waals surface area contributed by atoms with E-state index >= 15 is 0 Å². The van der Waals surface area contributed by atoms with Gasteiger partial charge in [0.25, 0.3) is 0 Å². The van der Waals surface area contributed by atoms with Crippen molar-refractivity contribution < 1.29 is 5.11 Å². The molecule has 2 aliphatic rings. The van der Waals surface area contributed by atoms with Crippen LogP contribution in [0.3, 0.4) is 0 Å². The molecule has 2 N–H and O–H groups in total. The summed E-state index contributed by atoms with van der Waals surface area (Å²) < 4.78 is 0. The predicted molar refractivity (Wildman–Crippen MR) is 39.8 cm³/mol. The van der Waals surface area contributed by atoms with Crippen LogP contribution >= 0.6 is 0 Å². The summed E-state index contributed by atoms with van der Waals surface area (Å²) in [7, 11) is 0. The second kappa shape index (κ2) is 2.21. The third-order valence-electron chi connectivity index (χ3n) is 3.03. The van der Waals surface area contributed by atoms with Gasteiger partial charge < -0.3 is 10.4 Å². The summed E-state index contributed by atoms with van der Waals surface area (Å²) in [5.74, 6) is 0. The van der Waals surface area contributed by atoms with Crippen LogP contribution in [0.15, 0.2) is 0 Å². The molecule has 0 bridgehead atoms. The first-order valence-electron chi connectivity index (χ1n) is 4.27. The van der Waals surface area contributed by atoms with Crippen molar-refractivity contribution in [3.63, 3.8) is 0 Å². The molecule has 2 fully saturated rings. The van der Waals surface area contributed by atoms with Crippen molar-refractivity contribution in [2.45, 2.75) is 43.7 Å². The first-order chi connectivity index (χ1) is 4.83. The lowest BCUT2D eigenvalue weighted by Crippen LogP contribution is -2.44. The molecular weight excluding hydrogens is 126 g/mol. The molecule has 1 saturated carbocycles. The van der Waals surface area contributed by atoms with Crippen molar-refractivity contribution >= 4 is 0 Å². The highest BCUT2D eigenvalue weighted by Gasteiger charge is 2.43. The van der Waals surface area contributed by atoms with Gasteiger partial charge >= 0.3 is 0 Å². The van der Waals surface area contributed by atoms with Crippen LogP contribution in [0.2, 0.25) is 0 Å². The highest BCUT2D eigenvalue weighted by atomic mass is 16.3. The summed E-state index contributed by atoms with van der Waals surface area (Å²) in [6.45, 7) is 1.02. The lowest BCUT2D eigenvalue weighted by atomic mass is 9.93. The van der Waals surface area contributed by atoms with Gasteiger partial charge in [-0.3, -0.25) is 0 Å². The number of aliphatic hydroxyl groups excluding tert-OH is 1. The summed E-state index contributed by atoms with van der Waals surface area (Å²) in [6, 6.07) is 0. The molecule has 1 saturated heterocycles. The number of hydrogen-bond acceptors (Lipinski definition) is 2. The molecule has 0 radical (unpaired) electrons. The maximum absolute atomic E-state index is 9.62. The van der Waals surface area contributed by atoms with E-state index in [4.69, 9.17) is 0 Å². The van der Waals surface area contributed by atoms with E-state index in [0.717, 1.165) is 13.0 Å². The van der Waals surface area contributed by atoms with Gasteiger partial charge in [0.1, 0.15) is 0 Å². The van der Waals surface area contributed by atoms with Crippen LogP contribution in [0.4, 0.5) is 0 Å². The van der Waals surface area contributed by atoms with Crippen molar-refractivity contribution in [2.75, 3.05) is 6.54 Å². The van der Waals surface area contributed by atoms with Gasteiger partial charge in [-0.25, -0.2) is 0 Å². The topological polar surface area (TPSA) is 32.3 Å². The number of hydrogen-bond donors (Lipinski definition) is 2. The molecule has 0 unspecified atom stereocenters.